The van der Waals surface area contributed by atoms with Gasteiger partial charge in [0.25, 0.3) is 0 Å². The molecule has 4 heteroatoms. The highest BCUT2D eigenvalue weighted by Crippen LogP contribution is 2.18. The van der Waals surface area contributed by atoms with Crippen LogP contribution in [-0.4, -0.2) is 18.1 Å². The monoisotopic (exact) mass is 268 g/mol. The van der Waals surface area contributed by atoms with Gasteiger partial charge in [0.2, 0.25) is 0 Å². The second kappa shape index (κ2) is 7.39. The number of rotatable bonds is 7. The lowest BCUT2D eigenvalue weighted by molar-refractivity contribution is 0.351. The maximum absolute atomic E-state index is 5.70. The van der Waals surface area contributed by atoms with E-state index in [1.54, 1.807) is 0 Å². The second-order valence-corrected chi connectivity index (χ2v) is 5.26. The van der Waals surface area contributed by atoms with Gasteiger partial charge < -0.3 is 10.1 Å². The van der Waals surface area contributed by atoms with Crippen molar-refractivity contribution in [3.63, 3.8) is 0 Å². The number of pyridine rings is 1. The standard InChI is InChI=1S/C14H21ClN2O/c1-10(2)7-16-8-13-14(18-9-11(3)15)6-5-12(4)17-13/h5-6,10,16H,3,7-9H2,1-2,4H3. The molecular formula is C14H21ClN2O. The van der Waals surface area contributed by atoms with Gasteiger partial charge in [0.1, 0.15) is 12.4 Å². The van der Waals surface area contributed by atoms with E-state index in [-0.39, 0.29) is 0 Å². The summed E-state index contributed by atoms with van der Waals surface area (Å²) in [4.78, 5) is 4.49. The van der Waals surface area contributed by atoms with Gasteiger partial charge in [0, 0.05) is 17.3 Å². The fourth-order valence-corrected chi connectivity index (χ4v) is 1.55. The van der Waals surface area contributed by atoms with Crippen LogP contribution in [0.5, 0.6) is 5.75 Å². The molecule has 0 aliphatic carbocycles. The molecule has 0 saturated heterocycles. The number of aryl methyl sites for hydroxylation is 1. The van der Waals surface area contributed by atoms with Crippen LogP contribution >= 0.6 is 11.6 Å². The molecule has 0 atom stereocenters. The van der Waals surface area contributed by atoms with Crippen molar-refractivity contribution in [3.8, 4) is 5.75 Å². The molecule has 0 radical (unpaired) electrons. The van der Waals surface area contributed by atoms with Crippen LogP contribution in [0.3, 0.4) is 0 Å². The number of nitrogens with zero attached hydrogens (tertiary/aromatic N) is 1. The largest absolute Gasteiger partial charge is 0.486 e. The van der Waals surface area contributed by atoms with E-state index in [0.29, 0.717) is 24.1 Å². The molecule has 0 aliphatic rings. The Morgan fingerprint density at radius 1 is 1.50 bits per heavy atom. The number of aromatic nitrogens is 1. The second-order valence-electron chi connectivity index (χ2n) is 4.73. The van der Waals surface area contributed by atoms with Crippen molar-refractivity contribution >= 4 is 11.6 Å². The number of hydrogen-bond donors (Lipinski definition) is 1. The van der Waals surface area contributed by atoms with Gasteiger partial charge in [-0.05, 0) is 31.5 Å². The number of hydrogen-bond acceptors (Lipinski definition) is 3. The molecule has 1 aromatic rings. The molecule has 0 amide bonds. The lowest BCUT2D eigenvalue weighted by Crippen LogP contribution is -2.20. The van der Waals surface area contributed by atoms with Gasteiger partial charge in [-0.1, -0.05) is 32.0 Å². The van der Waals surface area contributed by atoms with Crippen LogP contribution in [0.4, 0.5) is 0 Å². The van der Waals surface area contributed by atoms with E-state index in [1.165, 1.54) is 0 Å². The van der Waals surface area contributed by atoms with Crippen LogP contribution in [0.25, 0.3) is 0 Å². The molecule has 100 valence electrons. The first-order valence-electron chi connectivity index (χ1n) is 6.12. The quantitative estimate of drug-likeness (QED) is 0.824. The predicted molar refractivity (Wildman–Crippen MR) is 76.0 cm³/mol. The Kier molecular flexibility index (Phi) is 6.16. The minimum Gasteiger partial charge on any atom is -0.486 e. The number of halogens is 1. The zero-order valence-corrected chi connectivity index (χ0v) is 12.0. The molecule has 1 rings (SSSR count). The first kappa shape index (κ1) is 15.0. The van der Waals surface area contributed by atoms with Gasteiger partial charge in [-0.25, -0.2) is 0 Å². The zero-order valence-electron chi connectivity index (χ0n) is 11.3. The Balaban J connectivity index is 2.67. The summed E-state index contributed by atoms with van der Waals surface area (Å²) in [5.41, 5.74) is 1.89. The molecule has 0 fully saturated rings. The van der Waals surface area contributed by atoms with Gasteiger partial charge >= 0.3 is 0 Å². The van der Waals surface area contributed by atoms with Gasteiger partial charge in [-0.15, -0.1) is 0 Å². The number of ether oxygens (including phenoxy) is 1. The highest BCUT2D eigenvalue weighted by atomic mass is 35.5. The van der Waals surface area contributed by atoms with Crippen LogP contribution in [0.15, 0.2) is 23.7 Å². The van der Waals surface area contributed by atoms with Crippen molar-refractivity contribution < 1.29 is 4.74 Å². The van der Waals surface area contributed by atoms with Crippen LogP contribution in [-0.2, 0) is 6.54 Å². The Labute approximate surface area is 114 Å². The predicted octanol–water partition coefficient (Wildman–Crippen LogP) is 3.27. The van der Waals surface area contributed by atoms with Crippen LogP contribution in [0.1, 0.15) is 25.2 Å². The third kappa shape index (κ3) is 5.52. The first-order valence-corrected chi connectivity index (χ1v) is 6.50. The summed E-state index contributed by atoms with van der Waals surface area (Å²) in [6, 6.07) is 3.85. The molecular weight excluding hydrogens is 248 g/mol. The molecule has 0 bridgehead atoms. The van der Waals surface area contributed by atoms with E-state index >= 15 is 0 Å². The minimum atomic E-state index is 0.309. The van der Waals surface area contributed by atoms with Crippen molar-refractivity contribution in [2.75, 3.05) is 13.2 Å². The highest BCUT2D eigenvalue weighted by Gasteiger charge is 2.06. The topological polar surface area (TPSA) is 34.1 Å². The molecule has 3 nitrogen and oxygen atoms in total. The van der Waals surface area contributed by atoms with Crippen molar-refractivity contribution in [2.45, 2.75) is 27.3 Å². The van der Waals surface area contributed by atoms with E-state index < -0.39 is 0 Å². The Bertz CT molecular complexity index is 405. The summed E-state index contributed by atoms with van der Waals surface area (Å²) in [6.07, 6.45) is 0. The fourth-order valence-electron chi connectivity index (χ4n) is 1.49. The lowest BCUT2D eigenvalue weighted by Gasteiger charge is -2.12. The molecule has 0 spiro atoms. The molecule has 1 aromatic heterocycles. The Hall–Kier alpha value is -1.06. The van der Waals surface area contributed by atoms with Crippen molar-refractivity contribution in [2.24, 2.45) is 5.92 Å². The van der Waals surface area contributed by atoms with Crippen LogP contribution in [0.2, 0.25) is 0 Å². The maximum atomic E-state index is 5.70. The van der Waals surface area contributed by atoms with Crippen LogP contribution < -0.4 is 10.1 Å². The highest BCUT2D eigenvalue weighted by molar-refractivity contribution is 6.29. The Morgan fingerprint density at radius 2 is 2.22 bits per heavy atom. The van der Waals surface area contributed by atoms with E-state index in [1.807, 2.05) is 19.1 Å². The zero-order chi connectivity index (χ0) is 13.5. The summed E-state index contributed by atoms with van der Waals surface area (Å²) in [5, 5.41) is 3.84. The minimum absolute atomic E-state index is 0.309. The first-order chi connectivity index (χ1) is 8.49. The SMILES string of the molecule is C=C(Cl)COc1ccc(C)nc1CNCC(C)C. The maximum Gasteiger partial charge on any atom is 0.142 e. The van der Waals surface area contributed by atoms with Crippen LogP contribution in [0, 0.1) is 12.8 Å². The molecule has 1 N–H and O–H groups in total. The summed E-state index contributed by atoms with van der Waals surface area (Å²) >= 11 is 5.70. The van der Waals surface area contributed by atoms with Crippen molar-refractivity contribution in [3.05, 3.63) is 35.1 Å². The smallest absolute Gasteiger partial charge is 0.142 e. The van der Waals surface area contributed by atoms with Gasteiger partial charge in [-0.2, -0.15) is 0 Å². The number of nitrogens with one attached hydrogen (secondary N) is 1. The molecule has 18 heavy (non-hydrogen) atoms. The molecule has 1 heterocycles. The summed E-state index contributed by atoms with van der Waals surface area (Å²) < 4.78 is 5.58. The van der Waals surface area contributed by atoms with Crippen molar-refractivity contribution in [1.29, 1.82) is 0 Å². The molecule has 0 saturated carbocycles. The molecule has 0 unspecified atom stereocenters. The van der Waals surface area contributed by atoms with Crippen molar-refractivity contribution in [1.82, 2.24) is 10.3 Å². The van der Waals surface area contributed by atoms with Gasteiger partial charge in [0.05, 0.1) is 5.69 Å². The fraction of sp³-hybridized carbons (Fsp3) is 0.500. The average Bonchev–Trinajstić information content (AvgIpc) is 2.27. The average molecular weight is 269 g/mol. The van der Waals surface area contributed by atoms with Gasteiger partial charge in [-0.3, -0.25) is 4.98 Å². The summed E-state index contributed by atoms with van der Waals surface area (Å²) in [7, 11) is 0. The van der Waals surface area contributed by atoms with Gasteiger partial charge in [0.15, 0.2) is 0 Å². The van der Waals surface area contributed by atoms with E-state index in [9.17, 15) is 0 Å². The van der Waals surface area contributed by atoms with E-state index in [0.717, 1.165) is 23.7 Å². The van der Waals surface area contributed by atoms with E-state index in [2.05, 4.69) is 30.7 Å². The molecule has 0 aliphatic heterocycles. The summed E-state index contributed by atoms with van der Waals surface area (Å²) in [5.74, 6) is 1.38. The van der Waals surface area contributed by atoms with E-state index in [4.69, 9.17) is 16.3 Å². The lowest BCUT2D eigenvalue weighted by atomic mass is 10.2. The summed E-state index contributed by atoms with van der Waals surface area (Å²) in [6.45, 7) is 11.9. The normalized spacial score (nSPS) is 10.7. The Morgan fingerprint density at radius 3 is 2.83 bits per heavy atom. The third-order valence-electron chi connectivity index (χ3n) is 2.30. The molecule has 0 aromatic carbocycles. The third-order valence-corrected chi connectivity index (χ3v) is 2.41.